The van der Waals surface area contributed by atoms with Crippen molar-refractivity contribution in [3.05, 3.63) is 30.4 Å². The number of imidazole rings is 1. The monoisotopic (exact) mass is 219 g/mol. The molecule has 0 radical (unpaired) electrons. The summed E-state index contributed by atoms with van der Waals surface area (Å²) in [5, 5.41) is 7.45. The molecule has 0 amide bonds. The summed E-state index contributed by atoms with van der Waals surface area (Å²) in [6.45, 7) is 3.92. The van der Waals surface area contributed by atoms with Crippen LogP contribution in [0, 0.1) is 0 Å². The van der Waals surface area contributed by atoms with Crippen molar-refractivity contribution in [3.63, 3.8) is 0 Å². The predicted molar refractivity (Wildman–Crippen MR) is 63.3 cm³/mol. The maximum absolute atomic E-state index is 4.25. The number of nitrogens with zero attached hydrogens (tertiary/aromatic N) is 4. The molecule has 0 aliphatic rings. The Morgan fingerprint density at radius 3 is 3.00 bits per heavy atom. The quantitative estimate of drug-likeness (QED) is 0.824. The van der Waals surface area contributed by atoms with Crippen molar-refractivity contribution in [2.45, 2.75) is 19.9 Å². The summed E-state index contributed by atoms with van der Waals surface area (Å²) >= 11 is 0. The molecule has 2 heterocycles. The van der Waals surface area contributed by atoms with Gasteiger partial charge in [-0.2, -0.15) is 5.10 Å². The lowest BCUT2D eigenvalue weighted by molar-refractivity contribution is 0.761. The number of rotatable bonds is 5. The van der Waals surface area contributed by atoms with Crippen molar-refractivity contribution < 1.29 is 0 Å². The van der Waals surface area contributed by atoms with Crippen LogP contribution < -0.4 is 5.32 Å². The van der Waals surface area contributed by atoms with Gasteiger partial charge in [0.05, 0.1) is 6.20 Å². The van der Waals surface area contributed by atoms with E-state index in [2.05, 4.69) is 26.9 Å². The van der Waals surface area contributed by atoms with Crippen LogP contribution in [0.15, 0.2) is 24.8 Å². The normalized spacial score (nSPS) is 10.6. The molecular formula is C11H17N5. The van der Waals surface area contributed by atoms with Gasteiger partial charge in [0.2, 0.25) is 5.95 Å². The van der Waals surface area contributed by atoms with E-state index in [0.717, 1.165) is 25.5 Å². The fourth-order valence-corrected chi connectivity index (χ4v) is 1.65. The Labute approximate surface area is 95.1 Å². The van der Waals surface area contributed by atoms with E-state index in [0.29, 0.717) is 0 Å². The minimum atomic E-state index is 0.878. The predicted octanol–water partition coefficient (Wildman–Crippen LogP) is 1.29. The molecule has 5 heteroatoms. The number of nitrogens with one attached hydrogen (secondary N) is 1. The van der Waals surface area contributed by atoms with Crippen molar-refractivity contribution in [1.29, 1.82) is 0 Å². The van der Waals surface area contributed by atoms with Crippen molar-refractivity contribution in [1.82, 2.24) is 19.3 Å². The molecule has 86 valence electrons. The third-order valence-corrected chi connectivity index (χ3v) is 2.51. The Kier molecular flexibility index (Phi) is 3.24. The lowest BCUT2D eigenvalue weighted by Crippen LogP contribution is -2.09. The van der Waals surface area contributed by atoms with Crippen LogP contribution in [0.25, 0.3) is 0 Å². The van der Waals surface area contributed by atoms with Gasteiger partial charge in [0.15, 0.2) is 0 Å². The Hall–Kier alpha value is -1.78. The highest BCUT2D eigenvalue weighted by Crippen LogP contribution is 2.04. The number of aryl methyl sites for hydroxylation is 2. The molecule has 0 atom stereocenters. The van der Waals surface area contributed by atoms with Crippen LogP contribution in [0.2, 0.25) is 0 Å². The minimum Gasteiger partial charge on any atom is -0.355 e. The molecule has 16 heavy (non-hydrogen) atoms. The molecule has 2 rings (SSSR count). The molecule has 0 saturated heterocycles. The first-order valence-corrected chi connectivity index (χ1v) is 5.52. The second-order valence-electron chi connectivity index (χ2n) is 3.74. The van der Waals surface area contributed by atoms with Crippen LogP contribution in [-0.4, -0.2) is 25.9 Å². The van der Waals surface area contributed by atoms with Crippen LogP contribution in [0.5, 0.6) is 0 Å². The van der Waals surface area contributed by atoms with E-state index in [1.807, 2.05) is 36.5 Å². The van der Waals surface area contributed by atoms with Crippen molar-refractivity contribution in [3.8, 4) is 0 Å². The van der Waals surface area contributed by atoms with Crippen molar-refractivity contribution >= 4 is 5.95 Å². The number of aromatic nitrogens is 4. The fourth-order valence-electron chi connectivity index (χ4n) is 1.65. The summed E-state index contributed by atoms with van der Waals surface area (Å²) in [4.78, 5) is 4.25. The lowest BCUT2D eigenvalue weighted by atomic mass is 10.2. The van der Waals surface area contributed by atoms with Gasteiger partial charge in [-0.15, -0.1) is 0 Å². The van der Waals surface area contributed by atoms with Gasteiger partial charge in [0, 0.05) is 38.7 Å². The molecule has 0 aliphatic heterocycles. The highest BCUT2D eigenvalue weighted by molar-refractivity contribution is 5.26. The number of anilines is 1. The molecular weight excluding hydrogens is 202 g/mol. The summed E-state index contributed by atoms with van der Waals surface area (Å²) in [6.07, 6.45) is 8.69. The largest absolute Gasteiger partial charge is 0.355 e. The molecule has 0 fully saturated rings. The summed E-state index contributed by atoms with van der Waals surface area (Å²) in [6, 6.07) is 0. The van der Waals surface area contributed by atoms with Gasteiger partial charge in [-0.1, -0.05) is 0 Å². The highest BCUT2D eigenvalue weighted by atomic mass is 15.2. The Morgan fingerprint density at radius 2 is 2.31 bits per heavy atom. The van der Waals surface area contributed by atoms with Crippen LogP contribution >= 0.6 is 0 Å². The Balaban J connectivity index is 1.84. The topological polar surface area (TPSA) is 47.7 Å². The van der Waals surface area contributed by atoms with E-state index in [9.17, 15) is 0 Å². The molecule has 0 unspecified atom stereocenters. The summed E-state index contributed by atoms with van der Waals surface area (Å²) in [7, 11) is 1.93. The average Bonchev–Trinajstić information content (AvgIpc) is 2.87. The minimum absolute atomic E-state index is 0.878. The highest BCUT2D eigenvalue weighted by Gasteiger charge is 2.00. The molecule has 0 aromatic carbocycles. The molecule has 0 aliphatic carbocycles. The smallest absolute Gasteiger partial charge is 0.202 e. The second-order valence-corrected chi connectivity index (χ2v) is 3.74. The van der Waals surface area contributed by atoms with Crippen LogP contribution in [0.4, 0.5) is 5.95 Å². The maximum atomic E-state index is 4.25. The first-order chi connectivity index (χ1) is 7.79. The number of hydrogen-bond donors (Lipinski definition) is 1. The van der Waals surface area contributed by atoms with Gasteiger partial charge < -0.3 is 9.88 Å². The zero-order chi connectivity index (χ0) is 11.4. The summed E-state index contributed by atoms with van der Waals surface area (Å²) in [5.41, 5.74) is 1.24. The van der Waals surface area contributed by atoms with Crippen LogP contribution in [0.3, 0.4) is 0 Å². The van der Waals surface area contributed by atoms with E-state index in [1.165, 1.54) is 5.56 Å². The van der Waals surface area contributed by atoms with Crippen molar-refractivity contribution in [2.75, 3.05) is 11.9 Å². The van der Waals surface area contributed by atoms with Crippen LogP contribution in [0.1, 0.15) is 12.5 Å². The molecule has 5 nitrogen and oxygen atoms in total. The van der Waals surface area contributed by atoms with Gasteiger partial charge in [-0.05, 0) is 18.9 Å². The van der Waals surface area contributed by atoms with E-state index >= 15 is 0 Å². The lowest BCUT2D eigenvalue weighted by Gasteiger charge is -2.06. The first-order valence-electron chi connectivity index (χ1n) is 5.52. The van der Waals surface area contributed by atoms with Gasteiger partial charge in [-0.25, -0.2) is 4.98 Å². The average molecular weight is 219 g/mol. The van der Waals surface area contributed by atoms with E-state index in [-0.39, 0.29) is 0 Å². The van der Waals surface area contributed by atoms with Crippen LogP contribution in [-0.2, 0) is 20.0 Å². The Morgan fingerprint density at radius 1 is 1.44 bits per heavy atom. The molecule has 0 spiro atoms. The maximum Gasteiger partial charge on any atom is 0.202 e. The molecule has 0 saturated carbocycles. The van der Waals surface area contributed by atoms with Gasteiger partial charge in [-0.3, -0.25) is 4.68 Å². The Bertz CT molecular complexity index is 443. The van der Waals surface area contributed by atoms with E-state index in [4.69, 9.17) is 0 Å². The van der Waals surface area contributed by atoms with Crippen molar-refractivity contribution in [2.24, 2.45) is 7.05 Å². The molecule has 2 aromatic heterocycles. The standard InChI is InChI=1S/C11H17N5/c1-3-16-7-6-13-11(16)12-5-4-10-8-14-15(2)9-10/h6-9H,3-5H2,1-2H3,(H,12,13). The zero-order valence-corrected chi connectivity index (χ0v) is 9.72. The number of hydrogen-bond acceptors (Lipinski definition) is 3. The third-order valence-electron chi connectivity index (χ3n) is 2.51. The van der Waals surface area contributed by atoms with Gasteiger partial charge in [0.25, 0.3) is 0 Å². The third kappa shape index (κ3) is 2.42. The van der Waals surface area contributed by atoms with E-state index in [1.54, 1.807) is 0 Å². The zero-order valence-electron chi connectivity index (χ0n) is 9.72. The molecule has 0 bridgehead atoms. The van der Waals surface area contributed by atoms with Gasteiger partial charge >= 0.3 is 0 Å². The summed E-state index contributed by atoms with van der Waals surface area (Å²) < 4.78 is 3.91. The van der Waals surface area contributed by atoms with Gasteiger partial charge in [0.1, 0.15) is 0 Å². The SMILES string of the molecule is CCn1ccnc1NCCc1cnn(C)c1. The first kappa shape index (κ1) is 10.7. The van der Waals surface area contributed by atoms with E-state index < -0.39 is 0 Å². The summed E-state index contributed by atoms with van der Waals surface area (Å²) in [5.74, 6) is 0.936. The second kappa shape index (κ2) is 4.83. The molecule has 1 N–H and O–H groups in total. The fraction of sp³-hybridized carbons (Fsp3) is 0.455. The molecule has 2 aromatic rings.